The number of carbonyl (C=O) groups excluding carboxylic acids is 1. The normalized spacial score (nSPS) is 10.9. The molecule has 0 atom stereocenters. The van der Waals surface area contributed by atoms with Crippen molar-refractivity contribution in [2.24, 2.45) is 0 Å². The van der Waals surface area contributed by atoms with E-state index in [4.69, 9.17) is 4.74 Å². The molecule has 4 nitrogen and oxygen atoms in total. The average Bonchev–Trinajstić information content (AvgIpc) is 2.77. The summed E-state index contributed by atoms with van der Waals surface area (Å²) in [5.74, 6) is 0.585. The Kier molecular flexibility index (Phi) is 3.50. The zero-order valence-corrected chi connectivity index (χ0v) is 10.7. The van der Waals surface area contributed by atoms with Crippen LogP contribution in [0.25, 0.3) is 4.96 Å². The van der Waals surface area contributed by atoms with Gasteiger partial charge in [0, 0.05) is 11.6 Å². The van der Waals surface area contributed by atoms with Crippen LogP contribution in [-0.4, -0.2) is 27.7 Å². The van der Waals surface area contributed by atoms with Crippen molar-refractivity contribution in [3.05, 3.63) is 17.3 Å². The van der Waals surface area contributed by atoms with E-state index < -0.39 is 0 Å². The Morgan fingerprint density at radius 3 is 3.12 bits per heavy atom. The fraction of sp³-hybridized carbons (Fsp3) is 0.400. The summed E-state index contributed by atoms with van der Waals surface area (Å²) in [6.45, 7) is 4.22. The number of fused-ring (bicyclic) bond motifs is 1. The van der Waals surface area contributed by atoms with Crippen LogP contribution in [0.1, 0.15) is 24.3 Å². The Hall–Kier alpha value is -1.01. The molecule has 6 heteroatoms. The van der Waals surface area contributed by atoms with E-state index in [2.05, 4.69) is 4.98 Å². The second-order valence-corrected chi connectivity index (χ2v) is 5.10. The first-order valence-corrected chi connectivity index (χ1v) is 6.89. The number of thiazole rings is 1. The van der Waals surface area contributed by atoms with Crippen molar-refractivity contribution in [2.45, 2.75) is 18.9 Å². The second-order valence-electron chi connectivity index (χ2n) is 2.97. The van der Waals surface area contributed by atoms with E-state index in [-0.39, 0.29) is 5.97 Å². The van der Waals surface area contributed by atoms with Crippen molar-refractivity contribution in [2.75, 3.05) is 12.4 Å². The van der Waals surface area contributed by atoms with Gasteiger partial charge in [-0.3, -0.25) is 4.40 Å². The first-order chi connectivity index (χ1) is 7.77. The number of esters is 1. The van der Waals surface area contributed by atoms with Gasteiger partial charge in [0.25, 0.3) is 0 Å². The summed E-state index contributed by atoms with van der Waals surface area (Å²) < 4.78 is 6.83. The fourth-order valence-corrected chi connectivity index (χ4v) is 2.90. The van der Waals surface area contributed by atoms with Gasteiger partial charge >= 0.3 is 5.97 Å². The summed E-state index contributed by atoms with van der Waals surface area (Å²) in [5.41, 5.74) is 0.546. The molecule has 0 spiro atoms. The van der Waals surface area contributed by atoms with Crippen LogP contribution in [0.2, 0.25) is 0 Å². The topological polar surface area (TPSA) is 43.6 Å². The number of carbonyl (C=O) groups is 1. The minimum absolute atomic E-state index is 0.302. The molecule has 0 fully saturated rings. The lowest BCUT2D eigenvalue weighted by Gasteiger charge is -2.02. The third-order valence-corrected chi connectivity index (χ3v) is 3.58. The minimum atomic E-state index is -0.302. The second kappa shape index (κ2) is 4.88. The van der Waals surface area contributed by atoms with E-state index in [1.54, 1.807) is 23.1 Å². The average molecular weight is 256 g/mol. The first kappa shape index (κ1) is 11.5. The van der Waals surface area contributed by atoms with Gasteiger partial charge in [0.2, 0.25) is 0 Å². The molecule has 2 heterocycles. The number of aromatic nitrogens is 2. The van der Waals surface area contributed by atoms with Gasteiger partial charge in [0.15, 0.2) is 10.7 Å². The van der Waals surface area contributed by atoms with Crippen molar-refractivity contribution in [3.63, 3.8) is 0 Å². The lowest BCUT2D eigenvalue weighted by Crippen LogP contribution is -2.08. The maximum absolute atomic E-state index is 11.8. The van der Waals surface area contributed by atoms with E-state index in [0.717, 1.165) is 15.7 Å². The summed E-state index contributed by atoms with van der Waals surface area (Å²) in [7, 11) is 0. The Balaban J connectivity index is 2.48. The maximum Gasteiger partial charge on any atom is 0.358 e. The quantitative estimate of drug-likeness (QED) is 0.623. The highest BCUT2D eigenvalue weighted by atomic mass is 32.2. The predicted octanol–water partition coefficient (Wildman–Crippen LogP) is 2.68. The third-order valence-electron chi connectivity index (χ3n) is 1.98. The Labute approximate surface area is 102 Å². The number of thioether (sulfide) groups is 1. The molecule has 16 heavy (non-hydrogen) atoms. The number of rotatable bonds is 4. The molecule has 0 aliphatic heterocycles. The molecule has 0 unspecified atom stereocenters. The molecule has 0 amide bonds. The van der Waals surface area contributed by atoms with Crippen LogP contribution in [0.3, 0.4) is 0 Å². The molecule has 0 radical (unpaired) electrons. The maximum atomic E-state index is 11.8. The van der Waals surface area contributed by atoms with Crippen LogP contribution in [0, 0.1) is 0 Å². The van der Waals surface area contributed by atoms with E-state index in [1.165, 1.54) is 11.3 Å². The number of ether oxygens (including phenoxy) is 1. The molecule has 0 bridgehead atoms. The van der Waals surface area contributed by atoms with Crippen molar-refractivity contribution < 1.29 is 9.53 Å². The highest BCUT2D eigenvalue weighted by Gasteiger charge is 2.20. The van der Waals surface area contributed by atoms with Crippen molar-refractivity contribution >= 4 is 34.0 Å². The minimum Gasteiger partial charge on any atom is -0.461 e. The van der Waals surface area contributed by atoms with Crippen molar-refractivity contribution in [1.82, 2.24) is 9.38 Å². The molecule has 0 saturated heterocycles. The predicted molar refractivity (Wildman–Crippen MR) is 65.4 cm³/mol. The molecular formula is C10H12N2O2S2. The third kappa shape index (κ3) is 1.94. The monoisotopic (exact) mass is 256 g/mol. The lowest BCUT2D eigenvalue weighted by molar-refractivity contribution is 0.0514. The fourth-order valence-electron chi connectivity index (χ4n) is 1.39. The highest BCUT2D eigenvalue weighted by molar-refractivity contribution is 7.99. The number of hydrogen-bond acceptors (Lipinski definition) is 5. The van der Waals surface area contributed by atoms with Crippen molar-refractivity contribution in [1.29, 1.82) is 0 Å². The van der Waals surface area contributed by atoms with Crippen LogP contribution in [0.5, 0.6) is 0 Å². The largest absolute Gasteiger partial charge is 0.461 e. The van der Waals surface area contributed by atoms with Gasteiger partial charge in [0.05, 0.1) is 6.61 Å². The number of hydrogen-bond donors (Lipinski definition) is 0. The highest BCUT2D eigenvalue weighted by Crippen LogP contribution is 2.26. The summed E-state index contributed by atoms with van der Waals surface area (Å²) in [6.07, 6.45) is 1.85. The van der Waals surface area contributed by atoms with Gasteiger partial charge < -0.3 is 4.74 Å². The molecule has 0 aliphatic rings. The smallest absolute Gasteiger partial charge is 0.358 e. The van der Waals surface area contributed by atoms with Gasteiger partial charge in [-0.15, -0.1) is 23.1 Å². The first-order valence-electron chi connectivity index (χ1n) is 5.03. The summed E-state index contributed by atoms with van der Waals surface area (Å²) in [4.78, 5) is 17.1. The van der Waals surface area contributed by atoms with E-state index >= 15 is 0 Å². The van der Waals surface area contributed by atoms with Gasteiger partial charge in [-0.25, -0.2) is 9.78 Å². The molecule has 2 aromatic rings. The van der Waals surface area contributed by atoms with Crippen LogP contribution in [-0.2, 0) is 4.74 Å². The summed E-state index contributed by atoms with van der Waals surface area (Å²) in [6, 6.07) is 0. The molecule has 86 valence electrons. The van der Waals surface area contributed by atoms with E-state index in [1.807, 2.05) is 18.5 Å². The van der Waals surface area contributed by atoms with Crippen LogP contribution >= 0.6 is 23.1 Å². The van der Waals surface area contributed by atoms with Crippen LogP contribution < -0.4 is 0 Å². The Morgan fingerprint density at radius 1 is 1.62 bits per heavy atom. The SMILES string of the molecule is CCOC(=O)c1c(SCC)nc2sccn12. The number of imidazole rings is 1. The van der Waals surface area contributed by atoms with E-state index in [0.29, 0.717) is 12.3 Å². The zero-order chi connectivity index (χ0) is 11.5. The molecular weight excluding hydrogens is 244 g/mol. The van der Waals surface area contributed by atoms with Crippen LogP contribution in [0.15, 0.2) is 16.6 Å². The summed E-state index contributed by atoms with van der Waals surface area (Å²) in [5, 5.41) is 2.67. The standard InChI is InChI=1S/C10H12N2O2S2/c1-3-14-9(13)7-8(15-4-2)11-10-12(7)5-6-16-10/h5-6H,3-4H2,1-2H3. The Bertz CT molecular complexity index is 504. The van der Waals surface area contributed by atoms with E-state index in [9.17, 15) is 4.79 Å². The Morgan fingerprint density at radius 2 is 2.44 bits per heavy atom. The van der Waals surface area contributed by atoms with Gasteiger partial charge in [0.1, 0.15) is 5.03 Å². The van der Waals surface area contributed by atoms with Gasteiger partial charge in [-0.1, -0.05) is 6.92 Å². The van der Waals surface area contributed by atoms with Crippen LogP contribution in [0.4, 0.5) is 0 Å². The molecule has 2 aromatic heterocycles. The molecule has 0 saturated carbocycles. The molecule has 0 N–H and O–H groups in total. The summed E-state index contributed by atoms with van der Waals surface area (Å²) >= 11 is 3.07. The van der Waals surface area contributed by atoms with Gasteiger partial charge in [-0.05, 0) is 12.7 Å². The number of nitrogens with zero attached hydrogens (tertiary/aromatic N) is 2. The van der Waals surface area contributed by atoms with Crippen molar-refractivity contribution in [3.8, 4) is 0 Å². The molecule has 0 aromatic carbocycles. The zero-order valence-electron chi connectivity index (χ0n) is 9.10. The molecule has 0 aliphatic carbocycles. The molecule has 2 rings (SSSR count). The van der Waals surface area contributed by atoms with Gasteiger partial charge in [-0.2, -0.15) is 0 Å². The lowest BCUT2D eigenvalue weighted by atomic mass is 10.5.